The first-order valence-corrected chi connectivity index (χ1v) is 8.19. The van der Waals surface area contributed by atoms with E-state index in [1.165, 1.54) is 6.20 Å². The molecule has 7 nitrogen and oxygen atoms in total. The highest BCUT2D eigenvalue weighted by atomic mass is 16.3. The van der Waals surface area contributed by atoms with Crippen LogP contribution in [0.3, 0.4) is 0 Å². The third-order valence-corrected chi connectivity index (χ3v) is 4.07. The molecule has 3 rings (SSSR count). The van der Waals surface area contributed by atoms with Crippen LogP contribution in [0.4, 0.5) is 5.95 Å². The number of hydrogen-bond donors (Lipinski definition) is 3. The minimum absolute atomic E-state index is 0.0936. The molecule has 0 saturated heterocycles. The summed E-state index contributed by atoms with van der Waals surface area (Å²) in [6, 6.07) is 9.96. The van der Waals surface area contributed by atoms with Crippen molar-refractivity contribution in [2.45, 2.75) is 18.9 Å². The zero-order valence-electron chi connectivity index (χ0n) is 13.9. The van der Waals surface area contributed by atoms with E-state index < -0.39 is 0 Å². The molecule has 0 aliphatic carbocycles. The van der Waals surface area contributed by atoms with Crippen molar-refractivity contribution < 1.29 is 5.11 Å². The molecule has 1 unspecified atom stereocenters. The van der Waals surface area contributed by atoms with E-state index in [1.807, 2.05) is 30.3 Å². The van der Waals surface area contributed by atoms with E-state index in [2.05, 4.69) is 27.0 Å². The Morgan fingerprint density at radius 2 is 2.16 bits per heavy atom. The van der Waals surface area contributed by atoms with Crippen molar-refractivity contribution in [3.05, 3.63) is 65.1 Å². The second-order valence-corrected chi connectivity index (χ2v) is 5.77. The zero-order valence-corrected chi connectivity index (χ0v) is 13.9. The SMILES string of the molecule is C=CCn1ncc2c(=O)[nH]c(NCC(CCO)c3ccccc3)nc21. The fraction of sp³-hybridized carbons (Fsp3) is 0.278. The maximum Gasteiger partial charge on any atom is 0.263 e. The second-order valence-electron chi connectivity index (χ2n) is 5.77. The van der Waals surface area contributed by atoms with Crippen LogP contribution in [0.5, 0.6) is 0 Å². The number of aromatic nitrogens is 4. The molecule has 0 aliphatic heterocycles. The Hall–Kier alpha value is -2.93. The Bertz CT molecular complexity index is 901. The van der Waals surface area contributed by atoms with Gasteiger partial charge in [0.25, 0.3) is 5.56 Å². The van der Waals surface area contributed by atoms with Gasteiger partial charge in [0, 0.05) is 19.1 Å². The standard InChI is InChI=1S/C18H21N5O2/c1-2-9-23-16-15(12-20-23)17(25)22-18(21-16)19-11-14(8-10-24)13-6-4-3-5-7-13/h2-7,12,14,24H,1,8-11H2,(H2,19,21,22,25). The van der Waals surface area contributed by atoms with Gasteiger partial charge in [0.2, 0.25) is 5.95 Å². The lowest BCUT2D eigenvalue weighted by atomic mass is 9.96. The number of H-pyrrole nitrogens is 1. The first-order valence-electron chi connectivity index (χ1n) is 8.19. The van der Waals surface area contributed by atoms with E-state index in [4.69, 9.17) is 0 Å². The Morgan fingerprint density at radius 1 is 1.36 bits per heavy atom. The van der Waals surface area contributed by atoms with Crippen LogP contribution < -0.4 is 10.9 Å². The molecule has 0 bridgehead atoms. The molecule has 3 N–H and O–H groups in total. The topological polar surface area (TPSA) is 95.8 Å². The number of anilines is 1. The Kier molecular flexibility index (Phi) is 5.25. The Balaban J connectivity index is 1.83. The minimum Gasteiger partial charge on any atom is -0.396 e. The van der Waals surface area contributed by atoms with Gasteiger partial charge in [-0.25, -0.2) is 4.68 Å². The molecule has 0 radical (unpaired) electrons. The number of nitrogens with one attached hydrogen (secondary N) is 2. The van der Waals surface area contributed by atoms with Crippen LogP contribution in [-0.2, 0) is 6.54 Å². The van der Waals surface area contributed by atoms with Gasteiger partial charge in [-0.3, -0.25) is 9.78 Å². The molecule has 1 aromatic carbocycles. The number of aliphatic hydroxyl groups is 1. The van der Waals surface area contributed by atoms with Crippen molar-refractivity contribution in [3.8, 4) is 0 Å². The summed E-state index contributed by atoms with van der Waals surface area (Å²) in [7, 11) is 0. The van der Waals surface area contributed by atoms with Gasteiger partial charge in [0.05, 0.1) is 12.7 Å². The van der Waals surface area contributed by atoms with Crippen molar-refractivity contribution in [2.24, 2.45) is 0 Å². The first kappa shape index (κ1) is 16.9. The molecule has 0 saturated carbocycles. The summed E-state index contributed by atoms with van der Waals surface area (Å²) in [4.78, 5) is 19.4. The molecule has 25 heavy (non-hydrogen) atoms. The van der Waals surface area contributed by atoms with Gasteiger partial charge in [0.1, 0.15) is 5.39 Å². The van der Waals surface area contributed by atoms with Gasteiger partial charge in [-0.05, 0) is 12.0 Å². The monoisotopic (exact) mass is 339 g/mol. The molecule has 130 valence electrons. The third-order valence-electron chi connectivity index (χ3n) is 4.07. The predicted molar refractivity (Wildman–Crippen MR) is 97.7 cm³/mol. The van der Waals surface area contributed by atoms with Crippen LogP contribution in [0.2, 0.25) is 0 Å². The van der Waals surface area contributed by atoms with Gasteiger partial charge in [-0.15, -0.1) is 6.58 Å². The lowest BCUT2D eigenvalue weighted by molar-refractivity contribution is 0.277. The molecule has 7 heteroatoms. The maximum absolute atomic E-state index is 12.2. The largest absolute Gasteiger partial charge is 0.396 e. The van der Waals surface area contributed by atoms with Crippen LogP contribution in [0, 0.1) is 0 Å². The molecular weight excluding hydrogens is 318 g/mol. The summed E-state index contributed by atoms with van der Waals surface area (Å²) in [5, 5.41) is 17.1. The number of benzene rings is 1. The molecule has 2 heterocycles. The van der Waals surface area contributed by atoms with Gasteiger partial charge < -0.3 is 10.4 Å². The van der Waals surface area contributed by atoms with Crippen LogP contribution in [0.1, 0.15) is 17.9 Å². The molecule has 0 amide bonds. The van der Waals surface area contributed by atoms with E-state index in [0.29, 0.717) is 36.5 Å². The first-order chi connectivity index (χ1) is 12.2. The number of fused-ring (bicyclic) bond motifs is 1. The minimum atomic E-state index is -0.235. The van der Waals surface area contributed by atoms with Crippen molar-refractivity contribution in [1.82, 2.24) is 19.7 Å². The summed E-state index contributed by atoms with van der Waals surface area (Å²) >= 11 is 0. The molecule has 2 aromatic heterocycles. The average molecular weight is 339 g/mol. The fourth-order valence-electron chi connectivity index (χ4n) is 2.79. The molecular formula is C18H21N5O2. The number of rotatable bonds is 8. The van der Waals surface area contributed by atoms with Crippen LogP contribution in [-0.4, -0.2) is 38.0 Å². The molecule has 0 spiro atoms. The van der Waals surface area contributed by atoms with E-state index in [9.17, 15) is 9.90 Å². The van der Waals surface area contributed by atoms with Crippen molar-refractivity contribution >= 4 is 17.0 Å². The molecule has 0 aliphatic rings. The summed E-state index contributed by atoms with van der Waals surface area (Å²) in [5.74, 6) is 0.507. The molecule has 1 atom stereocenters. The van der Waals surface area contributed by atoms with E-state index in [0.717, 1.165) is 5.56 Å². The van der Waals surface area contributed by atoms with Crippen molar-refractivity contribution in [2.75, 3.05) is 18.5 Å². The average Bonchev–Trinajstić information content (AvgIpc) is 3.03. The highest BCUT2D eigenvalue weighted by Crippen LogP contribution is 2.19. The van der Waals surface area contributed by atoms with Gasteiger partial charge in [-0.1, -0.05) is 36.4 Å². The quantitative estimate of drug-likeness (QED) is 0.545. The summed E-state index contributed by atoms with van der Waals surface area (Å²) in [5.41, 5.74) is 1.41. The number of allylic oxidation sites excluding steroid dienone is 1. The predicted octanol–water partition coefficient (Wildman–Crippen LogP) is 1.88. The summed E-state index contributed by atoms with van der Waals surface area (Å²) in [6.07, 6.45) is 3.83. The number of hydrogen-bond acceptors (Lipinski definition) is 5. The van der Waals surface area contributed by atoms with Gasteiger partial charge in [-0.2, -0.15) is 10.1 Å². The highest BCUT2D eigenvalue weighted by Gasteiger charge is 2.13. The van der Waals surface area contributed by atoms with E-state index >= 15 is 0 Å². The van der Waals surface area contributed by atoms with Crippen molar-refractivity contribution in [3.63, 3.8) is 0 Å². The van der Waals surface area contributed by atoms with Crippen LogP contribution in [0.15, 0.2) is 54.0 Å². The molecule has 0 fully saturated rings. The third kappa shape index (κ3) is 3.77. The van der Waals surface area contributed by atoms with Gasteiger partial charge >= 0.3 is 0 Å². The smallest absolute Gasteiger partial charge is 0.263 e. The highest BCUT2D eigenvalue weighted by molar-refractivity contribution is 5.74. The van der Waals surface area contributed by atoms with Gasteiger partial charge in [0.15, 0.2) is 5.65 Å². The summed E-state index contributed by atoms with van der Waals surface area (Å²) < 4.78 is 1.63. The maximum atomic E-state index is 12.2. The van der Waals surface area contributed by atoms with Crippen LogP contribution >= 0.6 is 0 Å². The normalized spacial score (nSPS) is 12.2. The zero-order chi connectivity index (χ0) is 17.6. The number of aliphatic hydroxyl groups excluding tert-OH is 1. The summed E-state index contributed by atoms with van der Waals surface area (Å²) in [6.45, 7) is 4.81. The van der Waals surface area contributed by atoms with E-state index in [1.54, 1.807) is 10.8 Å². The second kappa shape index (κ2) is 7.76. The van der Waals surface area contributed by atoms with Crippen molar-refractivity contribution in [1.29, 1.82) is 0 Å². The lowest BCUT2D eigenvalue weighted by Gasteiger charge is -2.17. The molecule has 3 aromatic rings. The number of aromatic amines is 1. The van der Waals surface area contributed by atoms with Crippen LogP contribution in [0.25, 0.3) is 11.0 Å². The van der Waals surface area contributed by atoms with E-state index in [-0.39, 0.29) is 18.1 Å². The lowest BCUT2D eigenvalue weighted by Crippen LogP contribution is -2.19. The Morgan fingerprint density at radius 3 is 2.88 bits per heavy atom. The fourth-order valence-corrected chi connectivity index (χ4v) is 2.79. The number of nitrogens with zero attached hydrogens (tertiary/aromatic N) is 3. The Labute approximate surface area is 145 Å².